The largest absolute Gasteiger partial charge is 0.378 e. The summed E-state index contributed by atoms with van der Waals surface area (Å²) in [5.41, 5.74) is 2.06. The Kier molecular flexibility index (Phi) is 4.42. The standard InChI is InChI=1S/C12H12BrClN2S/c1-2-12-16-9(7-17-12)6-15-11-5-8(14)3-4-10(11)13/h3-5,7,15H,2,6H2,1H3. The van der Waals surface area contributed by atoms with E-state index in [0.717, 1.165) is 33.8 Å². The van der Waals surface area contributed by atoms with Crippen molar-refractivity contribution in [2.45, 2.75) is 19.9 Å². The Morgan fingerprint density at radius 3 is 3.00 bits per heavy atom. The van der Waals surface area contributed by atoms with Crippen LogP contribution in [0.2, 0.25) is 5.02 Å². The van der Waals surface area contributed by atoms with Crippen molar-refractivity contribution < 1.29 is 0 Å². The molecule has 0 bridgehead atoms. The first-order valence-electron chi connectivity index (χ1n) is 5.31. The van der Waals surface area contributed by atoms with E-state index in [1.165, 1.54) is 5.01 Å². The van der Waals surface area contributed by atoms with Gasteiger partial charge >= 0.3 is 0 Å². The van der Waals surface area contributed by atoms with Crippen LogP contribution in [0.4, 0.5) is 5.69 Å². The van der Waals surface area contributed by atoms with Gasteiger partial charge in [0.25, 0.3) is 0 Å². The van der Waals surface area contributed by atoms with Crippen LogP contribution in [0.25, 0.3) is 0 Å². The van der Waals surface area contributed by atoms with Crippen molar-refractivity contribution in [2.24, 2.45) is 0 Å². The molecule has 1 aromatic carbocycles. The van der Waals surface area contributed by atoms with Gasteiger partial charge in [-0.05, 0) is 40.5 Å². The average Bonchev–Trinajstić information content (AvgIpc) is 2.78. The van der Waals surface area contributed by atoms with Gasteiger partial charge < -0.3 is 5.32 Å². The monoisotopic (exact) mass is 330 g/mol. The Labute approximate surface area is 118 Å². The summed E-state index contributed by atoms with van der Waals surface area (Å²) in [5.74, 6) is 0. The highest BCUT2D eigenvalue weighted by molar-refractivity contribution is 9.10. The van der Waals surface area contributed by atoms with Crippen LogP contribution < -0.4 is 5.32 Å². The molecule has 0 aliphatic rings. The Bertz CT molecular complexity index is 513. The van der Waals surface area contributed by atoms with E-state index in [-0.39, 0.29) is 0 Å². The topological polar surface area (TPSA) is 24.9 Å². The summed E-state index contributed by atoms with van der Waals surface area (Å²) in [6, 6.07) is 5.69. The van der Waals surface area contributed by atoms with E-state index in [2.05, 4.69) is 38.5 Å². The molecule has 0 saturated heterocycles. The molecule has 0 aliphatic heterocycles. The summed E-state index contributed by atoms with van der Waals surface area (Å²) in [4.78, 5) is 4.50. The van der Waals surface area contributed by atoms with Gasteiger partial charge in [-0.1, -0.05) is 18.5 Å². The van der Waals surface area contributed by atoms with Gasteiger partial charge in [0, 0.05) is 14.9 Å². The number of thiazole rings is 1. The smallest absolute Gasteiger partial charge is 0.0926 e. The van der Waals surface area contributed by atoms with Crippen LogP contribution in [0.5, 0.6) is 0 Å². The summed E-state index contributed by atoms with van der Waals surface area (Å²) >= 11 is 11.1. The lowest BCUT2D eigenvalue weighted by Gasteiger charge is -2.07. The van der Waals surface area contributed by atoms with Gasteiger partial charge in [-0.3, -0.25) is 0 Å². The van der Waals surface area contributed by atoms with Crippen molar-refractivity contribution in [2.75, 3.05) is 5.32 Å². The number of rotatable bonds is 4. The Morgan fingerprint density at radius 1 is 1.47 bits per heavy atom. The number of aryl methyl sites for hydroxylation is 1. The normalized spacial score (nSPS) is 10.5. The maximum Gasteiger partial charge on any atom is 0.0926 e. The number of aromatic nitrogens is 1. The van der Waals surface area contributed by atoms with Gasteiger partial charge in [0.1, 0.15) is 0 Å². The number of nitrogens with one attached hydrogen (secondary N) is 1. The lowest BCUT2D eigenvalue weighted by molar-refractivity contribution is 1.01. The van der Waals surface area contributed by atoms with Crippen molar-refractivity contribution in [1.82, 2.24) is 4.98 Å². The van der Waals surface area contributed by atoms with E-state index in [0.29, 0.717) is 0 Å². The zero-order valence-corrected chi connectivity index (χ0v) is 12.5. The van der Waals surface area contributed by atoms with Gasteiger partial charge in [0.2, 0.25) is 0 Å². The average molecular weight is 332 g/mol. The molecule has 0 fully saturated rings. The third kappa shape index (κ3) is 3.44. The van der Waals surface area contributed by atoms with Crippen LogP contribution >= 0.6 is 38.9 Å². The predicted molar refractivity (Wildman–Crippen MR) is 78.0 cm³/mol. The summed E-state index contributed by atoms with van der Waals surface area (Å²) in [6.07, 6.45) is 0.992. The maximum absolute atomic E-state index is 5.95. The quantitative estimate of drug-likeness (QED) is 0.875. The second-order valence-corrected chi connectivity index (χ2v) is 5.80. The molecule has 1 heterocycles. The number of benzene rings is 1. The first-order chi connectivity index (χ1) is 8.19. The minimum atomic E-state index is 0.718. The van der Waals surface area contributed by atoms with Crippen molar-refractivity contribution in [3.8, 4) is 0 Å². The van der Waals surface area contributed by atoms with Crippen molar-refractivity contribution in [3.05, 3.63) is 43.8 Å². The maximum atomic E-state index is 5.95. The SMILES string of the molecule is CCc1nc(CNc2cc(Cl)ccc2Br)cs1. The highest BCUT2D eigenvalue weighted by Gasteiger charge is 2.03. The molecular formula is C12H12BrClN2S. The zero-order valence-electron chi connectivity index (χ0n) is 9.34. The van der Waals surface area contributed by atoms with Gasteiger partial charge in [-0.2, -0.15) is 0 Å². The third-order valence-corrected chi connectivity index (χ3v) is 4.26. The van der Waals surface area contributed by atoms with Gasteiger partial charge in [-0.25, -0.2) is 4.98 Å². The minimum Gasteiger partial charge on any atom is -0.378 e. The molecule has 0 aliphatic carbocycles. The molecule has 0 atom stereocenters. The fraction of sp³-hybridized carbons (Fsp3) is 0.250. The first kappa shape index (κ1) is 12.9. The second-order valence-electron chi connectivity index (χ2n) is 3.56. The number of anilines is 1. The molecule has 1 aromatic heterocycles. The van der Waals surface area contributed by atoms with E-state index in [1.54, 1.807) is 11.3 Å². The van der Waals surface area contributed by atoms with Crippen LogP contribution in [0.15, 0.2) is 28.1 Å². The molecule has 0 spiro atoms. The Hall–Kier alpha value is -0.580. The zero-order chi connectivity index (χ0) is 12.3. The lowest BCUT2D eigenvalue weighted by Crippen LogP contribution is -2.00. The summed E-state index contributed by atoms with van der Waals surface area (Å²) in [6.45, 7) is 2.83. The number of hydrogen-bond donors (Lipinski definition) is 1. The Balaban J connectivity index is 2.04. The second kappa shape index (κ2) is 5.85. The molecule has 5 heteroatoms. The number of hydrogen-bond acceptors (Lipinski definition) is 3. The van der Waals surface area contributed by atoms with Crippen LogP contribution in [0.3, 0.4) is 0 Å². The van der Waals surface area contributed by atoms with Crippen molar-refractivity contribution >= 4 is 44.6 Å². The molecule has 2 nitrogen and oxygen atoms in total. The molecular weight excluding hydrogens is 320 g/mol. The molecule has 2 rings (SSSR count). The van der Waals surface area contributed by atoms with Crippen LogP contribution in [-0.2, 0) is 13.0 Å². The lowest BCUT2D eigenvalue weighted by atomic mass is 10.3. The fourth-order valence-corrected chi connectivity index (χ4v) is 2.71. The van der Waals surface area contributed by atoms with Crippen LogP contribution in [0.1, 0.15) is 17.6 Å². The number of nitrogens with zero attached hydrogens (tertiary/aromatic N) is 1. The molecule has 90 valence electrons. The Morgan fingerprint density at radius 2 is 2.29 bits per heavy atom. The summed E-state index contributed by atoms with van der Waals surface area (Å²) < 4.78 is 1.01. The first-order valence-corrected chi connectivity index (χ1v) is 7.36. The van der Waals surface area contributed by atoms with Crippen molar-refractivity contribution in [1.29, 1.82) is 0 Å². The molecule has 0 amide bonds. The summed E-state index contributed by atoms with van der Waals surface area (Å²) in [7, 11) is 0. The van der Waals surface area contributed by atoms with Crippen molar-refractivity contribution in [3.63, 3.8) is 0 Å². The van der Waals surface area contributed by atoms with Crippen LogP contribution in [-0.4, -0.2) is 4.98 Å². The molecule has 0 radical (unpaired) electrons. The fourth-order valence-electron chi connectivity index (χ4n) is 1.41. The van der Waals surface area contributed by atoms with E-state index in [9.17, 15) is 0 Å². The minimum absolute atomic E-state index is 0.718. The molecule has 2 aromatic rings. The van der Waals surface area contributed by atoms with E-state index >= 15 is 0 Å². The molecule has 0 unspecified atom stereocenters. The van der Waals surface area contributed by atoms with E-state index < -0.39 is 0 Å². The molecule has 0 saturated carbocycles. The van der Waals surface area contributed by atoms with Gasteiger partial charge in [0.05, 0.1) is 22.9 Å². The predicted octanol–water partition coefficient (Wildman–Crippen LogP) is 4.73. The van der Waals surface area contributed by atoms with Crippen LogP contribution in [0, 0.1) is 0 Å². The van der Waals surface area contributed by atoms with Gasteiger partial charge in [-0.15, -0.1) is 11.3 Å². The van der Waals surface area contributed by atoms with Gasteiger partial charge in [0.15, 0.2) is 0 Å². The third-order valence-electron chi connectivity index (χ3n) is 2.29. The molecule has 1 N–H and O–H groups in total. The van der Waals surface area contributed by atoms with E-state index in [4.69, 9.17) is 11.6 Å². The highest BCUT2D eigenvalue weighted by atomic mass is 79.9. The summed E-state index contributed by atoms with van der Waals surface area (Å²) in [5, 5.41) is 7.31. The molecule has 17 heavy (non-hydrogen) atoms. The number of halogens is 2. The highest BCUT2D eigenvalue weighted by Crippen LogP contribution is 2.26. The van der Waals surface area contributed by atoms with E-state index in [1.807, 2.05) is 18.2 Å².